The number of nitrogens with zero attached hydrogens (tertiary/aromatic N) is 2. The van der Waals surface area contributed by atoms with E-state index in [1.807, 2.05) is 36.5 Å². The van der Waals surface area contributed by atoms with Crippen molar-refractivity contribution in [1.82, 2.24) is 9.88 Å². The minimum Gasteiger partial charge on any atom is -0.497 e. The van der Waals surface area contributed by atoms with Crippen LogP contribution in [0.5, 0.6) is 5.75 Å². The van der Waals surface area contributed by atoms with Crippen molar-refractivity contribution in [3.05, 3.63) is 95.6 Å². The Balaban J connectivity index is 1.60. The van der Waals surface area contributed by atoms with E-state index < -0.39 is 0 Å². The van der Waals surface area contributed by atoms with E-state index in [1.54, 1.807) is 13.3 Å². The van der Waals surface area contributed by atoms with Crippen LogP contribution in [0.3, 0.4) is 0 Å². The Hall–Kier alpha value is -2.76. The van der Waals surface area contributed by atoms with Gasteiger partial charge in [-0.3, -0.25) is 9.88 Å². The van der Waals surface area contributed by atoms with Crippen LogP contribution in [0.1, 0.15) is 22.6 Å². The molecule has 29 heavy (non-hydrogen) atoms. The quantitative estimate of drug-likeness (QED) is 0.596. The summed E-state index contributed by atoms with van der Waals surface area (Å²) in [6.07, 6.45) is 3.70. The van der Waals surface area contributed by atoms with Crippen LogP contribution < -0.4 is 4.74 Å². The molecule has 0 saturated carbocycles. The van der Waals surface area contributed by atoms with Gasteiger partial charge in [-0.05, 0) is 47.0 Å². The molecular weight excluding hydrogens is 367 g/mol. The van der Waals surface area contributed by atoms with Crippen LogP contribution in [0.15, 0.2) is 73.1 Å². The van der Waals surface area contributed by atoms with Gasteiger partial charge in [0.1, 0.15) is 11.6 Å². The molecule has 0 unspecified atom stereocenters. The number of rotatable bonds is 7. The second-order valence-electron chi connectivity index (χ2n) is 7.38. The van der Waals surface area contributed by atoms with Crippen molar-refractivity contribution in [3.63, 3.8) is 0 Å². The summed E-state index contributed by atoms with van der Waals surface area (Å²) in [7, 11) is 1.67. The second kappa shape index (κ2) is 9.16. The summed E-state index contributed by atoms with van der Waals surface area (Å²) in [5, 5.41) is 0. The molecule has 150 valence electrons. The van der Waals surface area contributed by atoms with Gasteiger partial charge in [0.25, 0.3) is 0 Å². The minimum absolute atomic E-state index is 0.197. The average Bonchev–Trinajstić information content (AvgIpc) is 3.25. The number of hydrogen-bond donors (Lipinski definition) is 0. The zero-order chi connectivity index (χ0) is 20.1. The van der Waals surface area contributed by atoms with E-state index in [2.05, 4.69) is 28.1 Å². The number of aromatic nitrogens is 1. The summed E-state index contributed by atoms with van der Waals surface area (Å²) in [6, 6.07) is 19.2. The summed E-state index contributed by atoms with van der Waals surface area (Å²) in [4.78, 5) is 6.70. The lowest BCUT2D eigenvalue weighted by atomic mass is 9.92. The van der Waals surface area contributed by atoms with Crippen LogP contribution in [0, 0.1) is 5.82 Å². The third-order valence-corrected chi connectivity index (χ3v) is 5.47. The van der Waals surface area contributed by atoms with E-state index in [1.165, 1.54) is 17.7 Å². The third-order valence-electron chi connectivity index (χ3n) is 5.47. The predicted octanol–water partition coefficient (Wildman–Crippen LogP) is 4.41. The summed E-state index contributed by atoms with van der Waals surface area (Å²) in [5.41, 5.74) is 3.48. The van der Waals surface area contributed by atoms with Gasteiger partial charge in [-0.15, -0.1) is 0 Å². The molecule has 4 rings (SSSR count). The lowest BCUT2D eigenvalue weighted by molar-refractivity contribution is 0.132. The van der Waals surface area contributed by atoms with Crippen molar-refractivity contribution < 1.29 is 13.9 Å². The number of benzene rings is 2. The molecule has 1 saturated heterocycles. The molecule has 3 aromatic rings. The van der Waals surface area contributed by atoms with Gasteiger partial charge >= 0.3 is 0 Å². The average molecular weight is 392 g/mol. The zero-order valence-electron chi connectivity index (χ0n) is 16.5. The summed E-state index contributed by atoms with van der Waals surface area (Å²) in [6.45, 7) is 2.84. The van der Waals surface area contributed by atoms with Crippen LogP contribution in [-0.4, -0.2) is 36.2 Å². The fourth-order valence-corrected chi connectivity index (χ4v) is 3.91. The molecule has 0 N–H and O–H groups in total. The molecule has 1 aliphatic rings. The molecule has 5 heteroatoms. The molecule has 0 bridgehead atoms. The number of ether oxygens (including phenoxy) is 2. The lowest BCUT2D eigenvalue weighted by Gasteiger charge is -2.32. The van der Waals surface area contributed by atoms with Crippen molar-refractivity contribution in [2.75, 3.05) is 20.3 Å². The molecule has 2 atom stereocenters. The first-order chi connectivity index (χ1) is 14.2. The molecule has 1 fully saturated rings. The molecular formula is C24H25FN2O2. The van der Waals surface area contributed by atoms with Crippen molar-refractivity contribution in [3.8, 4) is 5.75 Å². The SMILES string of the molecule is COc1ccc(CN(Cc2cccnc2)[C@@H]2COC[C@H]2c2ccc(F)cc2)cc1. The van der Waals surface area contributed by atoms with Gasteiger partial charge in [0.15, 0.2) is 0 Å². The van der Waals surface area contributed by atoms with Gasteiger partial charge in [0, 0.05) is 37.4 Å². The molecule has 1 aromatic heterocycles. The molecule has 2 aromatic carbocycles. The Labute approximate surface area is 170 Å². The fraction of sp³-hybridized carbons (Fsp3) is 0.292. The van der Waals surface area contributed by atoms with Gasteiger partial charge in [0.05, 0.1) is 20.3 Å². The number of halogens is 1. The van der Waals surface area contributed by atoms with Crippen molar-refractivity contribution >= 4 is 0 Å². The summed E-state index contributed by atoms with van der Waals surface area (Å²) >= 11 is 0. The maximum absolute atomic E-state index is 13.4. The highest BCUT2D eigenvalue weighted by Crippen LogP contribution is 2.32. The molecule has 0 amide bonds. The minimum atomic E-state index is -0.213. The van der Waals surface area contributed by atoms with E-state index in [-0.39, 0.29) is 17.8 Å². The fourth-order valence-electron chi connectivity index (χ4n) is 3.91. The van der Waals surface area contributed by atoms with Crippen LogP contribution in [-0.2, 0) is 17.8 Å². The standard InChI is InChI=1S/C24H25FN2O2/c1-28-22-10-4-18(5-11-22)14-27(15-19-3-2-12-26-13-19)24-17-29-16-23(24)20-6-8-21(25)9-7-20/h2-13,23-24H,14-17H2,1H3/t23-,24+/m0/s1. The lowest BCUT2D eigenvalue weighted by Crippen LogP contribution is -2.38. The van der Waals surface area contributed by atoms with Crippen molar-refractivity contribution in [2.45, 2.75) is 25.0 Å². The molecule has 0 radical (unpaired) electrons. The Morgan fingerprint density at radius 2 is 1.76 bits per heavy atom. The van der Waals surface area contributed by atoms with Crippen LogP contribution in [0.2, 0.25) is 0 Å². The number of hydrogen-bond acceptors (Lipinski definition) is 4. The molecule has 0 spiro atoms. The maximum Gasteiger partial charge on any atom is 0.123 e. The van der Waals surface area contributed by atoms with Crippen molar-refractivity contribution in [2.24, 2.45) is 0 Å². The zero-order valence-corrected chi connectivity index (χ0v) is 16.5. The van der Waals surface area contributed by atoms with Crippen LogP contribution >= 0.6 is 0 Å². The monoisotopic (exact) mass is 392 g/mol. The molecule has 0 aliphatic carbocycles. The first-order valence-corrected chi connectivity index (χ1v) is 9.82. The van der Waals surface area contributed by atoms with Gasteiger partial charge < -0.3 is 9.47 Å². The van der Waals surface area contributed by atoms with Crippen LogP contribution in [0.4, 0.5) is 4.39 Å². The normalized spacial score (nSPS) is 18.9. The number of methoxy groups -OCH3 is 1. The Bertz CT molecular complexity index is 900. The molecule has 1 aliphatic heterocycles. The second-order valence-corrected chi connectivity index (χ2v) is 7.38. The summed E-state index contributed by atoms with van der Waals surface area (Å²) < 4.78 is 24.6. The van der Waals surface area contributed by atoms with E-state index in [4.69, 9.17) is 9.47 Å². The third kappa shape index (κ3) is 4.81. The first-order valence-electron chi connectivity index (χ1n) is 9.82. The van der Waals surface area contributed by atoms with E-state index >= 15 is 0 Å². The Kier molecular flexibility index (Phi) is 6.17. The first kappa shape index (κ1) is 19.6. The van der Waals surface area contributed by atoms with Gasteiger partial charge in [-0.1, -0.05) is 30.3 Å². The number of pyridine rings is 1. The highest BCUT2D eigenvalue weighted by atomic mass is 19.1. The summed E-state index contributed by atoms with van der Waals surface area (Å²) in [5.74, 6) is 0.834. The van der Waals surface area contributed by atoms with E-state index in [0.717, 1.165) is 30.0 Å². The molecule has 4 nitrogen and oxygen atoms in total. The predicted molar refractivity (Wildman–Crippen MR) is 110 cm³/mol. The Morgan fingerprint density at radius 3 is 2.45 bits per heavy atom. The highest BCUT2D eigenvalue weighted by Gasteiger charge is 2.34. The topological polar surface area (TPSA) is 34.6 Å². The van der Waals surface area contributed by atoms with Gasteiger partial charge in [-0.2, -0.15) is 0 Å². The smallest absolute Gasteiger partial charge is 0.123 e. The Morgan fingerprint density at radius 1 is 1.00 bits per heavy atom. The van der Waals surface area contributed by atoms with E-state index in [9.17, 15) is 4.39 Å². The molecule has 2 heterocycles. The largest absolute Gasteiger partial charge is 0.497 e. The van der Waals surface area contributed by atoms with Crippen molar-refractivity contribution in [1.29, 1.82) is 0 Å². The highest BCUT2D eigenvalue weighted by molar-refractivity contribution is 5.28. The maximum atomic E-state index is 13.4. The van der Waals surface area contributed by atoms with Crippen LogP contribution in [0.25, 0.3) is 0 Å². The van der Waals surface area contributed by atoms with Gasteiger partial charge in [-0.25, -0.2) is 4.39 Å². The van der Waals surface area contributed by atoms with E-state index in [0.29, 0.717) is 13.2 Å². The van der Waals surface area contributed by atoms with Gasteiger partial charge in [0.2, 0.25) is 0 Å².